The number of aryl methyl sites for hydroxylation is 1. The second-order valence-electron chi connectivity index (χ2n) is 6.47. The van der Waals surface area contributed by atoms with Gasteiger partial charge in [-0.25, -0.2) is 4.39 Å². The zero-order valence-corrected chi connectivity index (χ0v) is 16.4. The number of rotatable bonds is 7. The van der Waals surface area contributed by atoms with Crippen LogP contribution in [-0.2, 0) is 6.61 Å². The first-order chi connectivity index (χ1) is 13.5. The molecule has 146 valence electrons. The van der Waals surface area contributed by atoms with Crippen molar-refractivity contribution in [3.8, 4) is 5.75 Å². The second kappa shape index (κ2) is 8.93. The Bertz CT molecular complexity index is 953. The van der Waals surface area contributed by atoms with Crippen LogP contribution in [0.2, 0.25) is 5.02 Å². The molecule has 0 aliphatic carbocycles. The van der Waals surface area contributed by atoms with Crippen LogP contribution in [0.25, 0.3) is 0 Å². The molecule has 3 rings (SSSR count). The number of furan rings is 1. The van der Waals surface area contributed by atoms with Crippen molar-refractivity contribution in [2.75, 3.05) is 0 Å². The molecule has 28 heavy (non-hydrogen) atoms. The smallest absolute Gasteiger partial charge is 0.287 e. The normalized spacial score (nSPS) is 11.9. The minimum Gasteiger partial charge on any atom is -0.484 e. The monoisotopic (exact) mass is 401 g/mol. The molecule has 0 aliphatic heterocycles. The number of benzene rings is 2. The van der Waals surface area contributed by atoms with Gasteiger partial charge in [0.1, 0.15) is 23.9 Å². The Morgan fingerprint density at radius 3 is 2.61 bits per heavy atom. The van der Waals surface area contributed by atoms with Crippen molar-refractivity contribution in [3.05, 3.63) is 88.1 Å². The first kappa shape index (κ1) is 20.0. The Morgan fingerprint density at radius 1 is 1.18 bits per heavy atom. The molecule has 1 aromatic heterocycles. The highest BCUT2D eigenvalue weighted by Gasteiger charge is 2.17. The van der Waals surface area contributed by atoms with Gasteiger partial charge < -0.3 is 14.5 Å². The van der Waals surface area contributed by atoms with E-state index in [0.29, 0.717) is 11.5 Å². The Labute approximate surface area is 168 Å². The zero-order valence-electron chi connectivity index (χ0n) is 15.7. The largest absolute Gasteiger partial charge is 0.484 e. The summed E-state index contributed by atoms with van der Waals surface area (Å²) < 4.78 is 24.2. The molecule has 0 fully saturated rings. The summed E-state index contributed by atoms with van der Waals surface area (Å²) in [6, 6.07) is 15.1. The number of nitrogens with one attached hydrogen (secondary N) is 1. The number of amides is 1. The number of halogens is 2. The van der Waals surface area contributed by atoms with Crippen LogP contribution in [0, 0.1) is 12.7 Å². The third kappa shape index (κ3) is 4.93. The molecule has 3 aromatic rings. The van der Waals surface area contributed by atoms with Gasteiger partial charge in [0.15, 0.2) is 5.76 Å². The van der Waals surface area contributed by atoms with Crippen molar-refractivity contribution in [2.45, 2.75) is 32.9 Å². The number of hydrogen-bond donors (Lipinski definition) is 1. The van der Waals surface area contributed by atoms with Crippen molar-refractivity contribution in [1.29, 1.82) is 0 Å². The van der Waals surface area contributed by atoms with Gasteiger partial charge in [-0.2, -0.15) is 0 Å². The molecule has 0 spiro atoms. The summed E-state index contributed by atoms with van der Waals surface area (Å²) in [5.41, 5.74) is 2.21. The molecule has 1 N–H and O–H groups in total. The Morgan fingerprint density at radius 2 is 1.93 bits per heavy atom. The van der Waals surface area contributed by atoms with Crippen LogP contribution in [0.3, 0.4) is 0 Å². The van der Waals surface area contributed by atoms with Crippen molar-refractivity contribution >= 4 is 17.5 Å². The minimum absolute atomic E-state index is 0.0772. The summed E-state index contributed by atoms with van der Waals surface area (Å²) in [5, 5.41) is 3.16. The number of hydrogen-bond acceptors (Lipinski definition) is 3. The lowest BCUT2D eigenvalue weighted by molar-refractivity contribution is 0.0903. The number of carbonyl (C=O) groups is 1. The summed E-state index contributed by atoms with van der Waals surface area (Å²) in [4.78, 5) is 12.5. The van der Waals surface area contributed by atoms with Crippen LogP contribution in [0.5, 0.6) is 5.75 Å². The fourth-order valence-corrected chi connectivity index (χ4v) is 2.99. The third-order valence-electron chi connectivity index (χ3n) is 4.34. The molecule has 0 radical (unpaired) electrons. The topological polar surface area (TPSA) is 51.5 Å². The predicted molar refractivity (Wildman–Crippen MR) is 106 cm³/mol. The Hall–Kier alpha value is -2.79. The highest BCUT2D eigenvalue weighted by Crippen LogP contribution is 2.26. The van der Waals surface area contributed by atoms with E-state index < -0.39 is 5.82 Å². The van der Waals surface area contributed by atoms with Gasteiger partial charge >= 0.3 is 0 Å². The fourth-order valence-electron chi connectivity index (χ4n) is 2.77. The average Bonchev–Trinajstić information content (AvgIpc) is 3.15. The highest BCUT2D eigenvalue weighted by molar-refractivity contribution is 6.32. The number of carbonyl (C=O) groups excluding carboxylic acids is 1. The number of ether oxygens (including phenoxy) is 1. The van der Waals surface area contributed by atoms with Crippen LogP contribution >= 0.6 is 11.6 Å². The molecule has 6 heteroatoms. The maximum absolute atomic E-state index is 13.1. The fraction of sp³-hybridized carbons (Fsp3) is 0.227. The van der Waals surface area contributed by atoms with Gasteiger partial charge in [0.2, 0.25) is 0 Å². The Kier molecular flexibility index (Phi) is 6.37. The van der Waals surface area contributed by atoms with Gasteiger partial charge in [-0.1, -0.05) is 48.4 Å². The molecular formula is C22H21ClFNO3. The molecule has 1 atom stereocenters. The van der Waals surface area contributed by atoms with Gasteiger partial charge in [0, 0.05) is 0 Å². The van der Waals surface area contributed by atoms with E-state index in [9.17, 15) is 9.18 Å². The summed E-state index contributed by atoms with van der Waals surface area (Å²) in [5.74, 6) is 0.283. The van der Waals surface area contributed by atoms with Crippen molar-refractivity contribution in [1.82, 2.24) is 5.32 Å². The predicted octanol–water partition coefficient (Wildman–Crippen LogP) is 5.84. The summed E-state index contributed by atoms with van der Waals surface area (Å²) >= 11 is 5.93. The van der Waals surface area contributed by atoms with Crippen LogP contribution in [0.1, 0.15) is 46.8 Å². The standard InChI is InChI=1S/C22H21ClFNO3/c1-3-19(15-6-4-14(2)5-7-15)25-22(26)21-11-9-17(28-21)13-27-20-10-8-16(24)12-18(20)23/h4-12,19H,3,13H2,1-2H3,(H,25,26). The van der Waals surface area contributed by atoms with Gasteiger partial charge in [0.25, 0.3) is 5.91 Å². The van der Waals surface area contributed by atoms with Crippen LogP contribution in [-0.4, -0.2) is 5.91 Å². The lowest BCUT2D eigenvalue weighted by Crippen LogP contribution is -2.27. The van der Waals surface area contributed by atoms with E-state index in [2.05, 4.69) is 5.32 Å². The van der Waals surface area contributed by atoms with Gasteiger partial charge in [0.05, 0.1) is 11.1 Å². The lowest BCUT2D eigenvalue weighted by Gasteiger charge is -2.17. The SMILES string of the molecule is CCC(NC(=O)c1ccc(COc2ccc(F)cc2Cl)o1)c1ccc(C)cc1. The van der Waals surface area contributed by atoms with Gasteiger partial charge in [-0.3, -0.25) is 4.79 Å². The van der Waals surface area contributed by atoms with Crippen molar-refractivity contribution < 1.29 is 18.3 Å². The first-order valence-corrected chi connectivity index (χ1v) is 9.38. The van der Waals surface area contributed by atoms with E-state index in [1.807, 2.05) is 38.1 Å². The molecular weight excluding hydrogens is 381 g/mol. The van der Waals surface area contributed by atoms with E-state index in [1.54, 1.807) is 12.1 Å². The highest BCUT2D eigenvalue weighted by atomic mass is 35.5. The van der Waals surface area contributed by atoms with Gasteiger partial charge in [-0.05, 0) is 49.2 Å². The van der Waals surface area contributed by atoms with Crippen molar-refractivity contribution in [2.24, 2.45) is 0 Å². The van der Waals surface area contributed by atoms with Crippen molar-refractivity contribution in [3.63, 3.8) is 0 Å². The molecule has 0 saturated heterocycles. The summed E-state index contributed by atoms with van der Waals surface area (Å²) in [6.45, 7) is 4.11. The van der Waals surface area contributed by atoms with Crippen LogP contribution in [0.15, 0.2) is 59.0 Å². The molecule has 4 nitrogen and oxygen atoms in total. The Balaban J connectivity index is 1.62. The molecule has 0 bridgehead atoms. The van der Waals surface area contributed by atoms with E-state index in [1.165, 1.54) is 23.8 Å². The molecule has 2 aromatic carbocycles. The van der Waals surface area contributed by atoms with Crippen LogP contribution < -0.4 is 10.1 Å². The third-order valence-corrected chi connectivity index (χ3v) is 4.64. The van der Waals surface area contributed by atoms with E-state index in [-0.39, 0.29) is 29.3 Å². The average molecular weight is 402 g/mol. The first-order valence-electron chi connectivity index (χ1n) is 9.00. The quantitative estimate of drug-likeness (QED) is 0.541. The van der Waals surface area contributed by atoms with Gasteiger partial charge in [-0.15, -0.1) is 0 Å². The second-order valence-corrected chi connectivity index (χ2v) is 6.88. The maximum Gasteiger partial charge on any atom is 0.287 e. The van der Waals surface area contributed by atoms with Crippen LogP contribution in [0.4, 0.5) is 4.39 Å². The molecule has 0 aliphatic rings. The molecule has 1 heterocycles. The lowest BCUT2D eigenvalue weighted by atomic mass is 10.0. The molecule has 1 unspecified atom stereocenters. The maximum atomic E-state index is 13.1. The summed E-state index contributed by atoms with van der Waals surface area (Å²) in [7, 11) is 0. The summed E-state index contributed by atoms with van der Waals surface area (Å²) in [6.07, 6.45) is 0.758. The van der Waals surface area contributed by atoms with E-state index in [4.69, 9.17) is 20.8 Å². The molecule has 1 amide bonds. The van der Waals surface area contributed by atoms with E-state index >= 15 is 0 Å². The van der Waals surface area contributed by atoms with E-state index in [0.717, 1.165) is 12.0 Å². The molecule has 0 saturated carbocycles. The zero-order chi connectivity index (χ0) is 20.1. The minimum atomic E-state index is -0.437.